The number of unbranched alkanes of at least 4 members (excludes halogenated alkanes) is 2. The summed E-state index contributed by atoms with van der Waals surface area (Å²) in [6.07, 6.45) is 1.59. The summed E-state index contributed by atoms with van der Waals surface area (Å²) in [6.45, 7) is 7.66. The fourth-order valence-electron chi connectivity index (χ4n) is 8.25. The van der Waals surface area contributed by atoms with Crippen LogP contribution in [0.1, 0.15) is 118 Å². The molecule has 3 aliphatic heterocycles. The van der Waals surface area contributed by atoms with E-state index in [0.717, 1.165) is 0 Å². The van der Waals surface area contributed by atoms with E-state index >= 15 is 0 Å². The lowest BCUT2D eigenvalue weighted by Gasteiger charge is -2.33. The fourth-order valence-corrected chi connectivity index (χ4v) is 8.25. The third-order valence-corrected chi connectivity index (χ3v) is 11.9. The van der Waals surface area contributed by atoms with Crippen LogP contribution in [0.3, 0.4) is 0 Å². The quantitative estimate of drug-likeness (QED) is 0.0716. The smallest absolute Gasteiger partial charge is 0.303 e. The third-order valence-electron chi connectivity index (χ3n) is 11.9. The van der Waals surface area contributed by atoms with E-state index < -0.39 is 132 Å². The van der Waals surface area contributed by atoms with Crippen molar-refractivity contribution in [1.82, 2.24) is 41.7 Å². The minimum Gasteiger partial charge on any atom is -0.481 e. The lowest BCUT2D eigenvalue weighted by atomic mass is 9.99. The van der Waals surface area contributed by atoms with Gasteiger partial charge in [-0.15, -0.1) is 0 Å². The molecule has 64 heavy (non-hydrogen) atoms. The number of rotatable bonds is 16. The van der Waals surface area contributed by atoms with Gasteiger partial charge in [0, 0.05) is 25.9 Å². The van der Waals surface area contributed by atoms with Crippen LogP contribution in [0.4, 0.5) is 0 Å². The number of nitrogens with zero attached hydrogens (tertiary/aromatic N) is 2. The Bertz CT molecular complexity index is 1570. The Morgan fingerprint density at radius 2 is 0.938 bits per heavy atom. The molecule has 0 aromatic rings. The van der Waals surface area contributed by atoms with Gasteiger partial charge < -0.3 is 63.4 Å². The van der Waals surface area contributed by atoms with Crippen molar-refractivity contribution >= 4 is 59.2 Å². The third kappa shape index (κ3) is 15.4. The average molecular weight is 908 g/mol. The molecule has 3 fully saturated rings. The minimum absolute atomic E-state index is 0.109. The van der Waals surface area contributed by atoms with Crippen LogP contribution in [0.15, 0.2) is 0 Å². The van der Waals surface area contributed by atoms with Crippen molar-refractivity contribution in [3.63, 3.8) is 0 Å². The summed E-state index contributed by atoms with van der Waals surface area (Å²) in [5.41, 5.74) is 9.58. The summed E-state index contributed by atoms with van der Waals surface area (Å²) < 4.78 is 0. The van der Waals surface area contributed by atoms with E-state index in [9.17, 15) is 58.2 Å². The van der Waals surface area contributed by atoms with E-state index in [1.54, 1.807) is 27.7 Å². The molecule has 360 valence electrons. The molecule has 8 atom stereocenters. The highest BCUT2D eigenvalue weighted by Crippen LogP contribution is 2.23. The number of carbonyl (C=O) groups excluding carboxylic acids is 8. The zero-order valence-electron chi connectivity index (χ0n) is 37.7. The van der Waals surface area contributed by atoms with Gasteiger partial charge in [-0.25, -0.2) is 0 Å². The fraction of sp³-hybridized carbons (Fsp3) is 0.762. The molecular weight excluding hydrogens is 837 g/mol. The van der Waals surface area contributed by atoms with Gasteiger partial charge in [-0.1, -0.05) is 27.7 Å². The maximum absolute atomic E-state index is 14.3. The summed E-state index contributed by atoms with van der Waals surface area (Å²) in [4.78, 5) is 139. The van der Waals surface area contributed by atoms with E-state index in [1.807, 2.05) is 0 Å². The molecule has 3 rings (SSSR count). The van der Waals surface area contributed by atoms with E-state index in [-0.39, 0.29) is 51.6 Å². The molecule has 3 saturated heterocycles. The van der Waals surface area contributed by atoms with Crippen LogP contribution >= 0.6 is 0 Å². The van der Waals surface area contributed by atoms with Gasteiger partial charge in [0.25, 0.3) is 0 Å². The second-order valence-electron chi connectivity index (χ2n) is 17.6. The van der Waals surface area contributed by atoms with Crippen molar-refractivity contribution in [2.24, 2.45) is 17.6 Å². The van der Waals surface area contributed by atoms with Crippen molar-refractivity contribution in [2.75, 3.05) is 26.2 Å². The predicted molar refractivity (Wildman–Crippen MR) is 229 cm³/mol. The van der Waals surface area contributed by atoms with Gasteiger partial charge in [-0.2, -0.15) is 0 Å². The molecule has 13 N–H and O–H groups in total. The molecule has 3 heterocycles. The van der Waals surface area contributed by atoms with Crippen LogP contribution in [0, 0.1) is 11.8 Å². The molecule has 0 radical (unpaired) electrons. The zero-order chi connectivity index (χ0) is 47.7. The monoisotopic (exact) mass is 908 g/mol. The number of amides is 8. The van der Waals surface area contributed by atoms with Crippen molar-refractivity contribution in [1.29, 1.82) is 0 Å². The van der Waals surface area contributed by atoms with Crippen LogP contribution in [-0.4, -0.2) is 154 Å². The number of carboxylic acids is 2. The van der Waals surface area contributed by atoms with Crippen LogP contribution in [0.2, 0.25) is 0 Å². The Kier molecular flexibility index (Phi) is 21.3. The molecule has 22 nitrogen and oxygen atoms in total. The number of aliphatic carboxylic acids is 2. The van der Waals surface area contributed by atoms with Gasteiger partial charge >= 0.3 is 11.9 Å². The Morgan fingerprint density at radius 1 is 0.562 bits per heavy atom. The molecule has 22 heteroatoms. The lowest BCUT2D eigenvalue weighted by molar-refractivity contribution is -0.368. The normalized spacial score (nSPS) is 27.2. The summed E-state index contributed by atoms with van der Waals surface area (Å²) in [7, 11) is 0. The number of carbonyl (C=O) groups is 10. The lowest BCUT2D eigenvalue weighted by Crippen LogP contribution is -2.62. The molecule has 0 saturated carbocycles. The van der Waals surface area contributed by atoms with Crippen molar-refractivity contribution in [3.05, 3.63) is 0 Å². The highest BCUT2D eigenvalue weighted by Gasteiger charge is 2.43. The number of quaternary nitrogens is 1. The first kappa shape index (κ1) is 53.0. The predicted octanol–water partition coefficient (Wildman–Crippen LogP) is -2.53. The minimum atomic E-state index is -1.45. The van der Waals surface area contributed by atoms with Gasteiger partial charge in [-0.3, -0.25) is 47.9 Å². The van der Waals surface area contributed by atoms with Crippen LogP contribution < -0.4 is 43.4 Å². The second-order valence-corrected chi connectivity index (χ2v) is 17.6. The van der Waals surface area contributed by atoms with Gasteiger partial charge in [0.2, 0.25) is 47.3 Å². The average Bonchev–Trinajstić information content (AvgIpc) is 3.94. The van der Waals surface area contributed by atoms with Crippen molar-refractivity contribution in [3.8, 4) is 0 Å². The standard InChI is InChI=1S/C42H70N10O12/c1-23(2)33-39(61)47-27(11-5-7-19-43)41(63)51-21-9-14-30(51)38(60)46-26(16-18-32(55)56)36(58)50-34(24(3)4)40(62)48-28(12-6-8-20-44)42(64)52-22-10-13-29(52)37(59)45-25(35(57)49-33)15-17-31(53)54/h23-30,33-34H,5-22,43-44H2,1-4H3,(H,45,59)(H,46,60)(H,47,61)(H,48,62)(H,49,57)(H,50,58)(H,53,54)(H,55,56)/p+1/t25-,26+,27-,28+,29+,30-,33+,34-. The Labute approximate surface area is 373 Å². The van der Waals surface area contributed by atoms with Gasteiger partial charge in [0.15, 0.2) is 0 Å². The molecule has 0 spiro atoms. The van der Waals surface area contributed by atoms with E-state index in [4.69, 9.17) is 5.73 Å². The number of carboxylic acid groups (broad SMARTS) is 2. The maximum Gasteiger partial charge on any atom is 0.303 e. The summed E-state index contributed by atoms with van der Waals surface area (Å²) in [5, 5.41) is 35.1. The first-order chi connectivity index (χ1) is 30.3. The maximum atomic E-state index is 14.3. The number of hydrogen-bond acceptors (Lipinski definition) is 11. The Balaban J connectivity index is 2.14. The van der Waals surface area contributed by atoms with Gasteiger partial charge in [0.05, 0.1) is 6.54 Å². The first-order valence-electron chi connectivity index (χ1n) is 22.7. The van der Waals surface area contributed by atoms with Crippen LogP contribution in [-0.2, 0) is 47.9 Å². The summed E-state index contributed by atoms with van der Waals surface area (Å²) in [6, 6.07) is -10.0. The molecule has 3 aliphatic rings. The van der Waals surface area contributed by atoms with Crippen molar-refractivity contribution in [2.45, 2.75) is 166 Å². The summed E-state index contributed by atoms with van der Waals surface area (Å²) in [5.74, 6) is -9.56. The van der Waals surface area contributed by atoms with Gasteiger partial charge in [0.1, 0.15) is 48.3 Å². The van der Waals surface area contributed by atoms with E-state index in [2.05, 4.69) is 37.6 Å². The first-order valence-corrected chi connectivity index (χ1v) is 22.7. The molecule has 8 amide bonds. The number of nitrogens with two attached hydrogens (primary N) is 1. The van der Waals surface area contributed by atoms with E-state index in [0.29, 0.717) is 51.6 Å². The van der Waals surface area contributed by atoms with Crippen LogP contribution in [0.5, 0.6) is 0 Å². The topological polar surface area (TPSA) is 343 Å². The number of hydrogen-bond donors (Lipinski definition) is 10. The summed E-state index contributed by atoms with van der Waals surface area (Å²) >= 11 is 0. The highest BCUT2D eigenvalue weighted by molar-refractivity contribution is 5.99. The molecule has 0 unspecified atom stereocenters. The molecule has 0 aromatic carbocycles. The Hall–Kier alpha value is -5.38. The zero-order valence-corrected chi connectivity index (χ0v) is 37.7. The number of fused-ring (bicyclic) bond motifs is 2. The van der Waals surface area contributed by atoms with Crippen molar-refractivity contribution < 1.29 is 63.9 Å². The second kappa shape index (κ2) is 25.8. The molecule has 0 aliphatic carbocycles. The number of nitrogens with one attached hydrogen (secondary N) is 6. The van der Waals surface area contributed by atoms with Gasteiger partial charge in [-0.05, 0) is 95.4 Å². The van der Waals surface area contributed by atoms with E-state index in [1.165, 1.54) is 9.80 Å². The molecule has 0 aromatic heterocycles. The molecule has 0 bridgehead atoms. The molecular formula is C42H71N10O12+. The SMILES string of the molecule is CC(C)[C@@H]1NC(=O)[C@@H](CCC(=O)O)NC(=O)[C@@H]2CCCN2C(=O)[C@H](CCCC[NH3+])NC(=O)[C@@H](C(C)C)NC(=O)[C@H](CCC(=O)O)NC(=O)[C@H]2CCCN2C(=O)[C@@H](CCCCN)NC1=O. The highest BCUT2D eigenvalue weighted by atomic mass is 16.4. The van der Waals surface area contributed by atoms with Crippen LogP contribution in [0.25, 0.3) is 0 Å². The largest absolute Gasteiger partial charge is 0.481 e. The Morgan fingerprint density at radius 3 is 1.28 bits per heavy atom.